The van der Waals surface area contributed by atoms with Gasteiger partial charge in [0.2, 0.25) is 11.0 Å². The van der Waals surface area contributed by atoms with Crippen LogP contribution in [0.4, 0.5) is 11.6 Å². The highest BCUT2D eigenvalue weighted by molar-refractivity contribution is 7.21. The number of carbonyl (C=O) groups is 1. The van der Waals surface area contributed by atoms with Gasteiger partial charge in [-0.1, -0.05) is 18.2 Å². The normalized spacial score (nSPS) is 10.9. The second-order valence-electron chi connectivity index (χ2n) is 6.92. The number of para-hydroxylation sites is 1. The summed E-state index contributed by atoms with van der Waals surface area (Å²) < 4.78 is 12.0. The smallest absolute Gasteiger partial charge is 0.303 e. The number of methoxy groups -OCH3 is 1. The first-order valence-corrected chi connectivity index (χ1v) is 10.5. The second-order valence-corrected chi connectivity index (χ2v) is 7.92. The van der Waals surface area contributed by atoms with Crippen LogP contribution in [0.5, 0.6) is 5.75 Å². The third-order valence-electron chi connectivity index (χ3n) is 4.91. The van der Waals surface area contributed by atoms with E-state index < -0.39 is 0 Å². The standard InChI is InChI=1S/C23H17N5O3S/c1-30-16-9-7-14(8-10-16)18-12-11-17-20(24)21(32-23(17)25-18)22(29)26-19-13-28(27-31-19)15-5-3-2-4-6-15/h2-13H,1H3,(H2-,24,26,27,29)/p+1. The van der Waals surface area contributed by atoms with Crippen LogP contribution in [-0.2, 0) is 0 Å². The van der Waals surface area contributed by atoms with Crippen LogP contribution in [0.1, 0.15) is 9.67 Å². The van der Waals surface area contributed by atoms with Gasteiger partial charge in [0.25, 0.3) is 12.1 Å². The summed E-state index contributed by atoms with van der Waals surface area (Å²) in [6, 6.07) is 20.8. The van der Waals surface area contributed by atoms with Crippen molar-refractivity contribution in [2.75, 3.05) is 18.2 Å². The predicted octanol–water partition coefficient (Wildman–Crippen LogP) is 4.07. The topological polar surface area (TPSA) is 107 Å². The molecular weight excluding hydrogens is 426 g/mol. The quantitative estimate of drug-likeness (QED) is 0.396. The Balaban J connectivity index is 1.40. The van der Waals surface area contributed by atoms with E-state index in [2.05, 4.69) is 10.6 Å². The summed E-state index contributed by atoms with van der Waals surface area (Å²) in [7, 11) is 1.63. The van der Waals surface area contributed by atoms with Crippen molar-refractivity contribution >= 4 is 39.0 Å². The predicted molar refractivity (Wildman–Crippen MR) is 122 cm³/mol. The number of hydrogen-bond donors (Lipinski definition) is 2. The monoisotopic (exact) mass is 444 g/mol. The molecule has 0 aliphatic rings. The van der Waals surface area contributed by atoms with Gasteiger partial charge in [0, 0.05) is 23.1 Å². The van der Waals surface area contributed by atoms with Crippen LogP contribution in [0.3, 0.4) is 0 Å². The summed E-state index contributed by atoms with van der Waals surface area (Å²) in [5, 5.41) is 7.37. The Morgan fingerprint density at radius 3 is 2.62 bits per heavy atom. The fraction of sp³-hybridized carbons (Fsp3) is 0.0435. The van der Waals surface area contributed by atoms with Crippen LogP contribution in [0, 0.1) is 0 Å². The van der Waals surface area contributed by atoms with Crippen LogP contribution in [0.2, 0.25) is 0 Å². The zero-order valence-electron chi connectivity index (χ0n) is 17.0. The van der Waals surface area contributed by atoms with Gasteiger partial charge in [0.05, 0.1) is 18.5 Å². The Morgan fingerprint density at radius 2 is 1.88 bits per heavy atom. The fourth-order valence-corrected chi connectivity index (χ4v) is 4.25. The van der Waals surface area contributed by atoms with E-state index in [4.69, 9.17) is 20.0 Å². The molecule has 3 heterocycles. The lowest BCUT2D eigenvalue weighted by atomic mass is 10.1. The van der Waals surface area contributed by atoms with Crippen LogP contribution in [-0.4, -0.2) is 23.3 Å². The van der Waals surface area contributed by atoms with Gasteiger partial charge in [-0.3, -0.25) is 14.6 Å². The van der Waals surface area contributed by atoms with E-state index in [0.29, 0.717) is 15.4 Å². The highest BCUT2D eigenvalue weighted by Gasteiger charge is 2.22. The minimum absolute atomic E-state index is 0.211. The summed E-state index contributed by atoms with van der Waals surface area (Å²) >= 11 is 1.23. The maximum atomic E-state index is 12.9. The van der Waals surface area contributed by atoms with Crippen LogP contribution in [0.15, 0.2) is 77.4 Å². The third kappa shape index (κ3) is 3.65. The minimum atomic E-state index is -0.382. The molecule has 32 heavy (non-hydrogen) atoms. The summed E-state index contributed by atoms with van der Waals surface area (Å²) in [6.07, 6.45) is 1.59. The minimum Gasteiger partial charge on any atom is -0.497 e. The SMILES string of the molecule is COc1ccc(-c2ccc3c(N)c(C(=O)Nc4c[n+](-c5ccccc5)no4)sc3n2)cc1. The van der Waals surface area contributed by atoms with E-state index in [1.54, 1.807) is 13.3 Å². The Hall–Kier alpha value is -4.24. The molecule has 2 aromatic carbocycles. The number of benzene rings is 2. The molecule has 0 bridgehead atoms. The lowest BCUT2D eigenvalue weighted by Gasteiger charge is -2.03. The Morgan fingerprint density at radius 1 is 1.09 bits per heavy atom. The largest absolute Gasteiger partial charge is 0.497 e. The number of fused-ring (bicyclic) bond motifs is 1. The van der Waals surface area contributed by atoms with Gasteiger partial charge in [-0.25, -0.2) is 4.98 Å². The molecule has 158 valence electrons. The molecule has 5 aromatic rings. The molecule has 8 nitrogen and oxygen atoms in total. The third-order valence-corrected chi connectivity index (χ3v) is 6.02. The Labute approximate surface area is 186 Å². The highest BCUT2D eigenvalue weighted by Crippen LogP contribution is 2.34. The second kappa shape index (κ2) is 8.12. The lowest BCUT2D eigenvalue weighted by Crippen LogP contribution is -2.31. The number of nitrogens with one attached hydrogen (secondary N) is 1. The first-order chi connectivity index (χ1) is 15.6. The van der Waals surface area contributed by atoms with Crippen molar-refractivity contribution in [3.8, 4) is 22.7 Å². The molecule has 3 aromatic heterocycles. The molecule has 3 N–H and O–H groups in total. The first kappa shape index (κ1) is 19.7. The zero-order valence-corrected chi connectivity index (χ0v) is 17.8. The van der Waals surface area contributed by atoms with Crippen molar-refractivity contribution in [2.45, 2.75) is 0 Å². The van der Waals surface area contributed by atoms with Crippen molar-refractivity contribution in [3.63, 3.8) is 0 Å². The van der Waals surface area contributed by atoms with Gasteiger partial charge in [0.15, 0.2) is 0 Å². The molecule has 0 saturated heterocycles. The van der Waals surface area contributed by atoms with Crippen LogP contribution < -0.4 is 20.5 Å². The molecule has 0 aliphatic heterocycles. The molecule has 0 fully saturated rings. The average molecular weight is 444 g/mol. The number of nitrogens with two attached hydrogens (primary N) is 1. The Kier molecular flexibility index (Phi) is 5.00. The lowest BCUT2D eigenvalue weighted by molar-refractivity contribution is -0.670. The van der Waals surface area contributed by atoms with Crippen LogP contribution in [0.25, 0.3) is 27.2 Å². The molecule has 0 aliphatic carbocycles. The molecule has 0 unspecified atom stereocenters. The molecule has 1 amide bonds. The number of amides is 1. The number of ether oxygens (including phenoxy) is 1. The van der Waals surface area contributed by atoms with E-state index in [1.165, 1.54) is 16.0 Å². The fourth-order valence-electron chi connectivity index (χ4n) is 3.26. The number of thiophene rings is 1. The van der Waals surface area contributed by atoms with E-state index in [1.807, 2.05) is 66.7 Å². The first-order valence-electron chi connectivity index (χ1n) is 9.71. The summed E-state index contributed by atoms with van der Waals surface area (Å²) in [5.41, 5.74) is 9.18. The van der Waals surface area contributed by atoms with Crippen molar-refractivity contribution in [3.05, 3.63) is 77.8 Å². The number of rotatable bonds is 5. The number of anilines is 2. The van der Waals surface area contributed by atoms with Crippen molar-refractivity contribution < 1.29 is 18.7 Å². The molecule has 0 radical (unpaired) electrons. The van der Waals surface area contributed by atoms with E-state index in [-0.39, 0.29) is 11.8 Å². The zero-order chi connectivity index (χ0) is 22.1. The number of nitrogen functional groups attached to an aromatic ring is 1. The maximum Gasteiger partial charge on any atom is 0.303 e. The Bertz CT molecular complexity index is 1410. The van der Waals surface area contributed by atoms with Crippen LogP contribution >= 0.6 is 11.3 Å². The summed E-state index contributed by atoms with van der Waals surface area (Å²) in [5.74, 6) is 0.602. The number of pyridine rings is 1. The van der Waals surface area contributed by atoms with Crippen molar-refractivity contribution in [1.82, 2.24) is 10.3 Å². The van der Waals surface area contributed by atoms with E-state index >= 15 is 0 Å². The average Bonchev–Trinajstić information content (AvgIpc) is 3.44. The molecule has 5 rings (SSSR count). The number of hydrogen-bond acceptors (Lipinski definition) is 7. The molecule has 0 saturated carbocycles. The van der Waals surface area contributed by atoms with E-state index in [9.17, 15) is 4.79 Å². The molecule has 9 heteroatoms. The van der Waals surface area contributed by atoms with Gasteiger partial charge in [-0.2, -0.15) is 0 Å². The number of aromatic nitrogens is 3. The van der Waals surface area contributed by atoms with Gasteiger partial charge >= 0.3 is 5.88 Å². The number of carbonyl (C=O) groups excluding carboxylic acids is 1. The van der Waals surface area contributed by atoms with Gasteiger partial charge in [-0.15, -0.1) is 11.3 Å². The van der Waals surface area contributed by atoms with E-state index in [0.717, 1.165) is 28.1 Å². The highest BCUT2D eigenvalue weighted by atomic mass is 32.1. The van der Waals surface area contributed by atoms with Gasteiger partial charge in [0.1, 0.15) is 15.5 Å². The molecule has 0 atom stereocenters. The summed E-state index contributed by atoms with van der Waals surface area (Å²) in [4.78, 5) is 18.6. The van der Waals surface area contributed by atoms with Gasteiger partial charge < -0.3 is 10.5 Å². The number of nitrogens with zero attached hydrogens (tertiary/aromatic N) is 3. The maximum absolute atomic E-state index is 12.9. The van der Waals surface area contributed by atoms with Crippen molar-refractivity contribution in [2.24, 2.45) is 0 Å². The molecular formula is C23H18N5O3S+. The van der Waals surface area contributed by atoms with Gasteiger partial charge in [-0.05, 0) is 41.1 Å². The molecule has 0 spiro atoms. The summed E-state index contributed by atoms with van der Waals surface area (Å²) in [6.45, 7) is 0. The van der Waals surface area contributed by atoms with Crippen molar-refractivity contribution in [1.29, 1.82) is 0 Å².